The Morgan fingerprint density at radius 2 is 1.88 bits per heavy atom. The number of rotatable bonds is 6. The van der Waals surface area contributed by atoms with Crippen LogP contribution in [0.15, 0.2) is 24.3 Å². The van der Waals surface area contributed by atoms with Gasteiger partial charge in [0.1, 0.15) is 0 Å². The topological polar surface area (TPSA) is 66.4 Å². The molecule has 24 heavy (non-hydrogen) atoms. The number of carboxylic acid groups (broad SMARTS) is 1. The number of halogens is 3. The Balaban J connectivity index is 2.06. The molecule has 0 heterocycles. The second-order valence-corrected chi connectivity index (χ2v) is 6.86. The van der Waals surface area contributed by atoms with Crippen LogP contribution in [0, 0.1) is 5.41 Å². The van der Waals surface area contributed by atoms with Crippen molar-refractivity contribution < 1.29 is 27.9 Å². The minimum Gasteiger partial charge on any atom is -0.481 e. The average molecular weight is 343 g/mol. The molecular weight excluding hydrogens is 323 g/mol. The van der Waals surface area contributed by atoms with E-state index in [-0.39, 0.29) is 18.9 Å². The van der Waals surface area contributed by atoms with Crippen molar-refractivity contribution in [1.82, 2.24) is 5.32 Å². The van der Waals surface area contributed by atoms with E-state index in [4.69, 9.17) is 5.11 Å². The number of alkyl halides is 3. The number of nitrogens with one attached hydrogen (secondary N) is 1. The zero-order chi connectivity index (χ0) is 18.2. The molecule has 0 atom stereocenters. The van der Waals surface area contributed by atoms with Crippen LogP contribution in [0.1, 0.15) is 44.2 Å². The van der Waals surface area contributed by atoms with Gasteiger partial charge in [0.05, 0.1) is 16.4 Å². The van der Waals surface area contributed by atoms with Crippen LogP contribution in [0.5, 0.6) is 0 Å². The summed E-state index contributed by atoms with van der Waals surface area (Å²) in [5, 5.41) is 11.7. The predicted octanol–water partition coefficient (Wildman–Crippen LogP) is 3.35. The molecule has 0 unspecified atom stereocenters. The summed E-state index contributed by atoms with van der Waals surface area (Å²) >= 11 is 0. The normalized spacial score (nSPS) is 16.5. The van der Waals surface area contributed by atoms with Gasteiger partial charge >= 0.3 is 12.1 Å². The fraction of sp³-hybridized carbons (Fsp3) is 0.529. The fourth-order valence-corrected chi connectivity index (χ4v) is 2.53. The molecule has 1 fully saturated rings. The highest BCUT2D eigenvalue weighted by molar-refractivity contribution is 5.91. The molecule has 2 rings (SSSR count). The Hall–Kier alpha value is -2.05. The van der Waals surface area contributed by atoms with Crippen molar-refractivity contribution in [2.24, 2.45) is 5.41 Å². The Morgan fingerprint density at radius 1 is 1.25 bits per heavy atom. The van der Waals surface area contributed by atoms with Gasteiger partial charge in [0, 0.05) is 6.54 Å². The Kier molecular flexibility index (Phi) is 4.65. The summed E-state index contributed by atoms with van der Waals surface area (Å²) in [6.07, 6.45) is -3.23. The van der Waals surface area contributed by atoms with Gasteiger partial charge < -0.3 is 10.4 Å². The average Bonchev–Trinajstić information content (AvgIpc) is 3.27. The lowest BCUT2D eigenvalue weighted by atomic mass is 9.89. The minimum absolute atomic E-state index is 0.166. The van der Waals surface area contributed by atoms with Gasteiger partial charge in [-0.05, 0) is 44.7 Å². The highest BCUT2D eigenvalue weighted by Gasteiger charge is 2.51. The summed E-state index contributed by atoms with van der Waals surface area (Å²) in [4.78, 5) is 23.4. The maximum atomic E-state index is 12.8. The van der Waals surface area contributed by atoms with Crippen molar-refractivity contribution in [1.29, 1.82) is 0 Å². The zero-order valence-corrected chi connectivity index (χ0v) is 13.5. The number of carbonyl (C=O) groups excluding carboxylic acids is 1. The minimum atomic E-state index is -4.45. The number of hydrogen-bond donors (Lipinski definition) is 2. The number of amides is 1. The molecule has 0 saturated heterocycles. The van der Waals surface area contributed by atoms with E-state index in [2.05, 4.69) is 5.32 Å². The predicted molar refractivity (Wildman–Crippen MR) is 81.4 cm³/mol. The van der Waals surface area contributed by atoms with Crippen molar-refractivity contribution in [2.45, 2.75) is 44.7 Å². The molecule has 0 bridgehead atoms. The van der Waals surface area contributed by atoms with E-state index in [0.29, 0.717) is 18.4 Å². The first-order valence-corrected chi connectivity index (χ1v) is 7.68. The van der Waals surface area contributed by atoms with Crippen molar-refractivity contribution >= 4 is 11.9 Å². The van der Waals surface area contributed by atoms with Crippen LogP contribution >= 0.6 is 0 Å². The largest absolute Gasteiger partial charge is 0.481 e. The monoisotopic (exact) mass is 343 g/mol. The molecule has 1 aliphatic rings. The molecule has 4 nitrogen and oxygen atoms in total. The van der Waals surface area contributed by atoms with E-state index in [1.165, 1.54) is 12.1 Å². The molecule has 1 aromatic carbocycles. The smallest absolute Gasteiger partial charge is 0.416 e. The molecule has 132 valence electrons. The van der Waals surface area contributed by atoms with Crippen LogP contribution in [-0.4, -0.2) is 23.5 Å². The molecule has 0 spiro atoms. The number of benzene rings is 1. The van der Waals surface area contributed by atoms with Crippen LogP contribution < -0.4 is 5.32 Å². The van der Waals surface area contributed by atoms with Crippen LogP contribution in [0.2, 0.25) is 0 Å². The Labute approximate surface area is 138 Å². The second-order valence-electron chi connectivity index (χ2n) is 6.86. The summed E-state index contributed by atoms with van der Waals surface area (Å²) in [5.74, 6) is -1.31. The van der Waals surface area contributed by atoms with Gasteiger partial charge in [-0.3, -0.25) is 9.59 Å². The molecule has 0 radical (unpaired) electrons. The molecule has 1 saturated carbocycles. The van der Waals surface area contributed by atoms with E-state index >= 15 is 0 Å². The van der Waals surface area contributed by atoms with Gasteiger partial charge in [-0.1, -0.05) is 18.2 Å². The van der Waals surface area contributed by atoms with Crippen LogP contribution in [0.25, 0.3) is 0 Å². The van der Waals surface area contributed by atoms with Gasteiger partial charge in [-0.15, -0.1) is 0 Å². The fourth-order valence-electron chi connectivity index (χ4n) is 2.53. The highest BCUT2D eigenvalue weighted by atomic mass is 19.4. The number of carboxylic acids is 1. The van der Waals surface area contributed by atoms with Crippen LogP contribution in [0.3, 0.4) is 0 Å². The summed E-state index contributed by atoms with van der Waals surface area (Å²) in [6.45, 7) is 3.28. The quantitative estimate of drug-likeness (QED) is 0.832. The highest BCUT2D eigenvalue weighted by Crippen LogP contribution is 2.49. The molecule has 1 aromatic rings. The first kappa shape index (κ1) is 18.3. The van der Waals surface area contributed by atoms with Crippen LogP contribution in [-0.2, 0) is 21.2 Å². The molecule has 1 amide bonds. The first-order chi connectivity index (χ1) is 11.0. The molecule has 7 heteroatoms. The maximum absolute atomic E-state index is 12.8. The zero-order valence-electron chi connectivity index (χ0n) is 13.5. The van der Waals surface area contributed by atoms with E-state index < -0.39 is 28.5 Å². The number of aliphatic carboxylic acids is 1. The first-order valence-electron chi connectivity index (χ1n) is 7.68. The van der Waals surface area contributed by atoms with E-state index in [1.54, 1.807) is 13.8 Å². The summed E-state index contributed by atoms with van der Waals surface area (Å²) in [5.41, 5.74) is -2.31. The lowest BCUT2D eigenvalue weighted by Gasteiger charge is -2.21. The van der Waals surface area contributed by atoms with Gasteiger partial charge in [-0.25, -0.2) is 0 Å². The third kappa shape index (κ3) is 3.71. The van der Waals surface area contributed by atoms with E-state index in [9.17, 15) is 22.8 Å². The molecular formula is C17H20F3NO3. The van der Waals surface area contributed by atoms with Crippen molar-refractivity contribution in [3.05, 3.63) is 35.4 Å². The van der Waals surface area contributed by atoms with E-state index in [0.717, 1.165) is 12.1 Å². The maximum Gasteiger partial charge on any atom is 0.416 e. The number of carbonyl (C=O) groups is 2. The third-order valence-electron chi connectivity index (χ3n) is 4.54. The number of hydrogen-bond acceptors (Lipinski definition) is 2. The van der Waals surface area contributed by atoms with Crippen LogP contribution in [0.4, 0.5) is 13.2 Å². The molecule has 0 aliphatic heterocycles. The van der Waals surface area contributed by atoms with Crippen molar-refractivity contribution in [3.8, 4) is 0 Å². The molecule has 1 aliphatic carbocycles. The third-order valence-corrected chi connectivity index (χ3v) is 4.54. The summed E-state index contributed by atoms with van der Waals surface area (Å²) < 4.78 is 38.5. The molecule has 0 aromatic heterocycles. The lowest BCUT2D eigenvalue weighted by molar-refractivity contribution is -0.147. The van der Waals surface area contributed by atoms with Gasteiger partial charge in [0.15, 0.2) is 0 Å². The SMILES string of the molecule is CC(C)(CCNC(=O)C1(c2cccc(C(F)(F)F)c2)CC1)C(=O)O. The summed E-state index contributed by atoms with van der Waals surface area (Å²) in [6, 6.07) is 4.84. The summed E-state index contributed by atoms with van der Waals surface area (Å²) in [7, 11) is 0. The Morgan fingerprint density at radius 3 is 2.38 bits per heavy atom. The second kappa shape index (κ2) is 6.11. The lowest BCUT2D eigenvalue weighted by Crippen LogP contribution is -2.38. The standard InChI is InChI=1S/C17H20F3NO3/c1-15(2,14(23)24)8-9-21-13(22)16(6-7-16)11-4-3-5-12(10-11)17(18,19)20/h3-5,10H,6-9H2,1-2H3,(H,21,22)(H,23,24). The van der Waals surface area contributed by atoms with E-state index in [1.807, 2.05) is 0 Å². The van der Waals surface area contributed by atoms with Gasteiger partial charge in [0.25, 0.3) is 0 Å². The van der Waals surface area contributed by atoms with Gasteiger partial charge in [0.2, 0.25) is 5.91 Å². The Bertz CT molecular complexity index is 649. The molecule has 2 N–H and O–H groups in total. The van der Waals surface area contributed by atoms with Crippen molar-refractivity contribution in [3.63, 3.8) is 0 Å². The van der Waals surface area contributed by atoms with Crippen molar-refractivity contribution in [2.75, 3.05) is 6.54 Å². The van der Waals surface area contributed by atoms with Gasteiger partial charge in [-0.2, -0.15) is 13.2 Å².